The molecule has 5 rings (SSSR count). The molecule has 1 amide bonds. The number of carbonyl (C=O) groups excluding carboxylic acids is 1. The second kappa shape index (κ2) is 12.7. The average Bonchev–Trinajstić information content (AvgIpc) is 3.42. The van der Waals surface area contributed by atoms with Crippen LogP contribution in [0.3, 0.4) is 0 Å². The molecule has 0 aliphatic heterocycles. The molecule has 1 heterocycles. The van der Waals surface area contributed by atoms with Gasteiger partial charge >= 0.3 is 0 Å². The van der Waals surface area contributed by atoms with Gasteiger partial charge in [-0.2, -0.15) is 0 Å². The van der Waals surface area contributed by atoms with Crippen molar-refractivity contribution >= 4 is 29.1 Å². The Hall–Kier alpha value is -4.26. The first kappa shape index (κ1) is 27.3. The minimum Gasteiger partial charge on any atom is -0.488 e. The van der Waals surface area contributed by atoms with Crippen LogP contribution >= 0.6 is 23.2 Å². The summed E-state index contributed by atoms with van der Waals surface area (Å²) in [6, 6.07) is 30.2. The molecule has 0 fully saturated rings. The molecular formula is C32H26Cl2N2O4. The van der Waals surface area contributed by atoms with E-state index in [4.69, 9.17) is 37.2 Å². The van der Waals surface area contributed by atoms with E-state index in [0.717, 1.165) is 11.1 Å². The number of rotatable bonds is 10. The molecule has 202 valence electrons. The lowest BCUT2D eigenvalue weighted by atomic mass is 9.98. The highest BCUT2D eigenvalue weighted by atomic mass is 35.5. The molecule has 0 atom stereocenters. The number of benzene rings is 4. The summed E-state index contributed by atoms with van der Waals surface area (Å²) in [7, 11) is 0. The molecule has 0 unspecified atom stereocenters. The van der Waals surface area contributed by atoms with Crippen LogP contribution in [0.5, 0.6) is 11.5 Å². The van der Waals surface area contributed by atoms with Crippen molar-refractivity contribution in [3.63, 3.8) is 0 Å². The van der Waals surface area contributed by atoms with Gasteiger partial charge in [-0.3, -0.25) is 4.79 Å². The van der Waals surface area contributed by atoms with Gasteiger partial charge in [-0.25, -0.2) is 0 Å². The van der Waals surface area contributed by atoms with Crippen LogP contribution in [0, 0.1) is 0 Å². The number of carbonyl (C=O) groups is 1. The van der Waals surface area contributed by atoms with Crippen molar-refractivity contribution in [1.82, 2.24) is 10.5 Å². The lowest BCUT2D eigenvalue weighted by Crippen LogP contribution is -2.23. The third-order valence-corrected chi connectivity index (χ3v) is 6.64. The summed E-state index contributed by atoms with van der Waals surface area (Å²) < 4.78 is 18.2. The summed E-state index contributed by atoms with van der Waals surface area (Å²) in [6.07, 6.45) is 0. The van der Waals surface area contributed by atoms with E-state index in [2.05, 4.69) is 10.5 Å². The maximum atomic E-state index is 13.0. The summed E-state index contributed by atoms with van der Waals surface area (Å²) in [5.74, 6) is 0.861. The van der Waals surface area contributed by atoms with E-state index >= 15 is 0 Å². The predicted octanol–water partition coefficient (Wildman–Crippen LogP) is 8.22. The highest BCUT2D eigenvalue weighted by Crippen LogP contribution is 2.44. The van der Waals surface area contributed by atoms with E-state index in [1.165, 1.54) is 0 Å². The van der Waals surface area contributed by atoms with Crippen molar-refractivity contribution in [2.75, 3.05) is 6.54 Å². The number of nitrogens with zero attached hydrogens (tertiary/aromatic N) is 1. The first-order valence-electron chi connectivity index (χ1n) is 12.7. The summed E-state index contributed by atoms with van der Waals surface area (Å²) in [5, 5.41) is 7.80. The second-order valence-corrected chi connectivity index (χ2v) is 9.78. The lowest BCUT2D eigenvalue weighted by molar-refractivity contribution is 0.0947. The summed E-state index contributed by atoms with van der Waals surface area (Å²) in [5.41, 5.74) is 3.77. The van der Waals surface area contributed by atoms with E-state index < -0.39 is 0 Å². The van der Waals surface area contributed by atoms with Crippen molar-refractivity contribution < 1.29 is 18.8 Å². The molecule has 1 aromatic heterocycles. The highest BCUT2D eigenvalue weighted by Gasteiger charge is 2.27. The number of hydrogen-bond acceptors (Lipinski definition) is 5. The van der Waals surface area contributed by atoms with Gasteiger partial charge in [0.05, 0.1) is 16.1 Å². The Balaban J connectivity index is 1.61. The van der Waals surface area contributed by atoms with Crippen LogP contribution < -0.4 is 14.8 Å². The highest BCUT2D eigenvalue weighted by molar-refractivity contribution is 6.32. The Labute approximate surface area is 242 Å². The molecule has 0 aliphatic carbocycles. The van der Waals surface area contributed by atoms with Crippen LogP contribution in [0.15, 0.2) is 102 Å². The van der Waals surface area contributed by atoms with Gasteiger partial charge in [0.15, 0.2) is 11.5 Å². The van der Waals surface area contributed by atoms with Crippen molar-refractivity contribution in [2.45, 2.75) is 20.1 Å². The van der Waals surface area contributed by atoms with Gasteiger partial charge in [-0.1, -0.05) is 101 Å². The third-order valence-electron chi connectivity index (χ3n) is 6.11. The zero-order valence-electron chi connectivity index (χ0n) is 21.7. The molecule has 4 aromatic carbocycles. The summed E-state index contributed by atoms with van der Waals surface area (Å²) in [4.78, 5) is 13.0. The van der Waals surface area contributed by atoms with Crippen molar-refractivity contribution in [2.24, 2.45) is 0 Å². The number of hydrogen-bond donors (Lipinski definition) is 1. The minimum absolute atomic E-state index is 0.133. The van der Waals surface area contributed by atoms with Gasteiger partial charge in [0.2, 0.25) is 0 Å². The smallest absolute Gasteiger partial charge is 0.274 e. The minimum atomic E-state index is -0.367. The third kappa shape index (κ3) is 6.30. The molecule has 0 radical (unpaired) electrons. The summed E-state index contributed by atoms with van der Waals surface area (Å²) in [6.45, 7) is 2.88. The SMILES string of the molecule is CCNC(=O)c1noc(-c2cc(Cl)c(OCc3ccccc3)cc2OCc2ccccc2)c1-c1cccc(Cl)c1. The van der Waals surface area contributed by atoms with Gasteiger partial charge in [-0.15, -0.1) is 0 Å². The van der Waals surface area contributed by atoms with E-state index in [1.807, 2.05) is 73.7 Å². The Kier molecular flexibility index (Phi) is 8.69. The second-order valence-electron chi connectivity index (χ2n) is 8.93. The van der Waals surface area contributed by atoms with Crippen LogP contribution in [-0.2, 0) is 13.2 Å². The van der Waals surface area contributed by atoms with Gasteiger partial charge < -0.3 is 19.3 Å². The molecule has 0 bridgehead atoms. The average molecular weight is 573 g/mol. The lowest BCUT2D eigenvalue weighted by Gasteiger charge is -2.15. The van der Waals surface area contributed by atoms with E-state index in [-0.39, 0.29) is 18.2 Å². The fourth-order valence-corrected chi connectivity index (χ4v) is 4.61. The maximum absolute atomic E-state index is 13.0. The van der Waals surface area contributed by atoms with E-state index in [0.29, 0.717) is 57.1 Å². The molecule has 0 saturated heterocycles. The van der Waals surface area contributed by atoms with Crippen LogP contribution in [0.1, 0.15) is 28.5 Å². The fourth-order valence-electron chi connectivity index (χ4n) is 4.20. The fraction of sp³-hybridized carbons (Fsp3) is 0.125. The maximum Gasteiger partial charge on any atom is 0.274 e. The Morgan fingerprint density at radius 2 is 1.48 bits per heavy atom. The van der Waals surface area contributed by atoms with Crippen molar-refractivity contribution in [1.29, 1.82) is 0 Å². The van der Waals surface area contributed by atoms with Crippen molar-refractivity contribution in [3.05, 3.63) is 124 Å². The Morgan fingerprint density at radius 3 is 2.10 bits per heavy atom. The molecule has 8 heteroatoms. The summed E-state index contributed by atoms with van der Waals surface area (Å²) >= 11 is 13.1. The predicted molar refractivity (Wildman–Crippen MR) is 157 cm³/mol. The molecule has 0 spiro atoms. The van der Waals surface area contributed by atoms with Gasteiger partial charge in [0.25, 0.3) is 5.91 Å². The molecule has 6 nitrogen and oxygen atoms in total. The number of halogens is 2. The van der Waals surface area contributed by atoms with Gasteiger partial charge in [-0.05, 0) is 41.8 Å². The zero-order valence-corrected chi connectivity index (χ0v) is 23.2. The number of nitrogens with one attached hydrogen (secondary N) is 1. The van der Waals surface area contributed by atoms with Crippen LogP contribution in [0.4, 0.5) is 0 Å². The largest absolute Gasteiger partial charge is 0.488 e. The Morgan fingerprint density at radius 1 is 0.825 bits per heavy atom. The molecule has 40 heavy (non-hydrogen) atoms. The van der Waals surface area contributed by atoms with E-state index in [9.17, 15) is 4.79 Å². The van der Waals surface area contributed by atoms with Crippen LogP contribution in [0.25, 0.3) is 22.5 Å². The van der Waals surface area contributed by atoms with Crippen LogP contribution in [0.2, 0.25) is 10.0 Å². The quantitative estimate of drug-likeness (QED) is 0.182. The Bertz CT molecular complexity index is 1600. The van der Waals surface area contributed by atoms with Gasteiger partial charge in [0, 0.05) is 17.6 Å². The number of ether oxygens (including phenoxy) is 2. The first-order valence-corrected chi connectivity index (χ1v) is 13.5. The van der Waals surface area contributed by atoms with E-state index in [1.54, 1.807) is 30.3 Å². The zero-order chi connectivity index (χ0) is 27.9. The molecule has 0 saturated carbocycles. The monoisotopic (exact) mass is 572 g/mol. The first-order chi connectivity index (χ1) is 19.5. The standard InChI is InChI=1S/C32H26Cl2N2O4/c1-2-35-32(37)30-29(23-14-9-15-24(33)16-23)31(40-36-30)25-17-26(34)28(39-20-22-12-7-4-8-13-22)18-27(25)38-19-21-10-5-3-6-11-21/h3-18H,2,19-20H2,1H3,(H,35,37). The van der Waals surface area contributed by atoms with Gasteiger partial charge in [0.1, 0.15) is 24.7 Å². The normalized spacial score (nSPS) is 10.8. The molecular weight excluding hydrogens is 547 g/mol. The van der Waals surface area contributed by atoms with Crippen LogP contribution in [-0.4, -0.2) is 17.6 Å². The topological polar surface area (TPSA) is 73.6 Å². The molecule has 1 N–H and O–H groups in total. The number of aromatic nitrogens is 1. The molecule has 5 aromatic rings. The number of amides is 1. The molecule has 0 aliphatic rings. The van der Waals surface area contributed by atoms with Crippen molar-refractivity contribution in [3.8, 4) is 33.9 Å².